The van der Waals surface area contributed by atoms with Crippen LogP contribution in [0.5, 0.6) is 0 Å². The Bertz CT molecular complexity index is 604. The smallest absolute Gasteiger partial charge is 0.228 e. The monoisotopic (exact) mass is 262 g/mol. The quantitative estimate of drug-likeness (QED) is 0.770. The molecular weight excluding hydrogens is 247 g/mol. The van der Waals surface area contributed by atoms with Crippen LogP contribution in [-0.4, -0.2) is 29.2 Å². The van der Waals surface area contributed by atoms with Crippen molar-refractivity contribution in [2.24, 2.45) is 5.92 Å². The van der Waals surface area contributed by atoms with Crippen LogP contribution in [0.15, 0.2) is 18.2 Å². The lowest BCUT2D eigenvalue weighted by Crippen LogP contribution is -2.34. The second-order valence-electron chi connectivity index (χ2n) is 4.75. The zero-order chi connectivity index (χ0) is 13.2. The summed E-state index contributed by atoms with van der Waals surface area (Å²) in [6.07, 6.45) is 1.60. The Balaban J connectivity index is 1.83. The largest absolute Gasteiger partial charge is 0.317 e. The molecule has 2 aromatic rings. The van der Waals surface area contributed by atoms with Gasteiger partial charge in [-0.15, -0.1) is 0 Å². The van der Waals surface area contributed by atoms with Gasteiger partial charge in [-0.05, 0) is 38.1 Å². The van der Waals surface area contributed by atoms with Crippen LogP contribution in [0.25, 0.3) is 10.9 Å². The molecule has 3 N–H and O–H groups in total. The summed E-state index contributed by atoms with van der Waals surface area (Å²) in [7, 11) is 0. The summed E-state index contributed by atoms with van der Waals surface area (Å²) in [4.78, 5) is 12.1. The molecule has 2 heterocycles. The number of benzene rings is 1. The lowest BCUT2D eigenvalue weighted by molar-refractivity contribution is -0.120. The lowest BCUT2D eigenvalue weighted by Gasteiger charge is -2.21. The molecule has 100 valence electrons. The van der Waals surface area contributed by atoms with Crippen LogP contribution in [-0.2, 0) is 4.79 Å². The van der Waals surface area contributed by atoms with Gasteiger partial charge in [0, 0.05) is 5.92 Å². The molecule has 1 amide bonds. The van der Waals surface area contributed by atoms with E-state index in [2.05, 4.69) is 20.8 Å². The molecule has 1 saturated heterocycles. The molecule has 5 nitrogen and oxygen atoms in total. The van der Waals surface area contributed by atoms with Gasteiger partial charge in [-0.1, -0.05) is 6.07 Å². The fourth-order valence-corrected chi connectivity index (χ4v) is 2.42. The molecule has 0 bridgehead atoms. The normalized spacial score (nSPS) is 16.7. The second kappa shape index (κ2) is 4.97. The van der Waals surface area contributed by atoms with Gasteiger partial charge in [0.2, 0.25) is 5.91 Å². The van der Waals surface area contributed by atoms with Crippen molar-refractivity contribution in [2.75, 3.05) is 18.4 Å². The maximum Gasteiger partial charge on any atom is 0.228 e. The molecular formula is C13H15FN4O. The zero-order valence-electron chi connectivity index (χ0n) is 10.4. The van der Waals surface area contributed by atoms with Gasteiger partial charge < -0.3 is 10.6 Å². The SMILES string of the molecule is O=C(Nc1n[nH]c2cccc(F)c12)C1CCNCC1. The molecule has 1 aromatic carbocycles. The van der Waals surface area contributed by atoms with E-state index in [1.807, 2.05) is 0 Å². The number of hydrogen-bond acceptors (Lipinski definition) is 3. The molecule has 0 atom stereocenters. The molecule has 1 aliphatic rings. The van der Waals surface area contributed by atoms with E-state index >= 15 is 0 Å². The number of fused-ring (bicyclic) bond motifs is 1. The first kappa shape index (κ1) is 12.1. The molecule has 0 unspecified atom stereocenters. The Kier molecular flexibility index (Phi) is 3.16. The Hall–Kier alpha value is -1.95. The van der Waals surface area contributed by atoms with E-state index in [1.165, 1.54) is 6.07 Å². The van der Waals surface area contributed by atoms with Crippen LogP contribution in [0, 0.1) is 11.7 Å². The highest BCUT2D eigenvalue weighted by molar-refractivity contribution is 6.00. The van der Waals surface area contributed by atoms with E-state index in [4.69, 9.17) is 0 Å². The van der Waals surface area contributed by atoms with Crippen LogP contribution in [0.2, 0.25) is 0 Å². The summed E-state index contributed by atoms with van der Waals surface area (Å²) in [5, 5.41) is 13.0. The van der Waals surface area contributed by atoms with E-state index in [0.29, 0.717) is 10.9 Å². The summed E-state index contributed by atoms with van der Waals surface area (Å²) in [6, 6.07) is 4.69. The summed E-state index contributed by atoms with van der Waals surface area (Å²) in [5.74, 6) is -0.221. The van der Waals surface area contributed by atoms with Crippen molar-refractivity contribution < 1.29 is 9.18 Å². The number of aromatic amines is 1. The minimum absolute atomic E-state index is 0.0280. The first-order chi connectivity index (χ1) is 9.25. The maximum atomic E-state index is 13.8. The summed E-state index contributed by atoms with van der Waals surface area (Å²) in [6.45, 7) is 1.68. The number of hydrogen-bond donors (Lipinski definition) is 3. The summed E-state index contributed by atoms with van der Waals surface area (Å²) < 4.78 is 13.8. The third-order valence-electron chi connectivity index (χ3n) is 3.49. The van der Waals surface area contributed by atoms with Crippen LogP contribution < -0.4 is 10.6 Å². The third kappa shape index (κ3) is 2.31. The van der Waals surface area contributed by atoms with E-state index < -0.39 is 0 Å². The second-order valence-corrected chi connectivity index (χ2v) is 4.75. The minimum atomic E-state index is -0.383. The van der Waals surface area contributed by atoms with Crippen LogP contribution in [0.1, 0.15) is 12.8 Å². The van der Waals surface area contributed by atoms with Crippen molar-refractivity contribution in [1.82, 2.24) is 15.5 Å². The van der Waals surface area contributed by atoms with Crippen molar-refractivity contribution in [1.29, 1.82) is 0 Å². The molecule has 6 heteroatoms. The van der Waals surface area contributed by atoms with Crippen molar-refractivity contribution in [3.63, 3.8) is 0 Å². The topological polar surface area (TPSA) is 69.8 Å². The van der Waals surface area contributed by atoms with Gasteiger partial charge in [0.05, 0.1) is 10.9 Å². The van der Waals surface area contributed by atoms with Gasteiger partial charge in [0.1, 0.15) is 5.82 Å². The van der Waals surface area contributed by atoms with Gasteiger partial charge in [-0.2, -0.15) is 5.10 Å². The number of H-pyrrole nitrogens is 1. The Morgan fingerprint density at radius 1 is 1.37 bits per heavy atom. The highest BCUT2D eigenvalue weighted by Gasteiger charge is 2.22. The van der Waals surface area contributed by atoms with Crippen LogP contribution >= 0.6 is 0 Å². The van der Waals surface area contributed by atoms with Gasteiger partial charge in [0.15, 0.2) is 5.82 Å². The molecule has 1 fully saturated rings. The summed E-state index contributed by atoms with van der Waals surface area (Å²) >= 11 is 0. The molecule has 3 rings (SSSR count). The fourth-order valence-electron chi connectivity index (χ4n) is 2.42. The predicted octanol–water partition coefficient (Wildman–Crippen LogP) is 1.64. The first-order valence-corrected chi connectivity index (χ1v) is 6.40. The van der Waals surface area contributed by atoms with Gasteiger partial charge in [-0.25, -0.2) is 4.39 Å². The number of nitrogens with zero attached hydrogens (tertiary/aromatic N) is 1. The average molecular weight is 262 g/mol. The van der Waals surface area contributed by atoms with Crippen molar-refractivity contribution in [2.45, 2.75) is 12.8 Å². The number of carbonyl (C=O) groups is 1. The van der Waals surface area contributed by atoms with E-state index in [1.54, 1.807) is 12.1 Å². The van der Waals surface area contributed by atoms with Crippen molar-refractivity contribution in [3.05, 3.63) is 24.0 Å². The molecule has 0 radical (unpaired) electrons. The predicted molar refractivity (Wildman–Crippen MR) is 70.3 cm³/mol. The molecule has 1 aliphatic heterocycles. The standard InChI is InChI=1S/C13H15FN4O/c14-9-2-1-3-10-11(9)12(18-17-10)16-13(19)8-4-6-15-7-5-8/h1-3,8,15H,4-7H2,(H2,16,17,18,19). The number of nitrogens with one attached hydrogen (secondary N) is 3. The highest BCUT2D eigenvalue weighted by atomic mass is 19.1. The van der Waals surface area contributed by atoms with Crippen LogP contribution in [0.4, 0.5) is 10.2 Å². The van der Waals surface area contributed by atoms with Crippen molar-refractivity contribution in [3.8, 4) is 0 Å². The van der Waals surface area contributed by atoms with E-state index in [-0.39, 0.29) is 23.5 Å². The number of halogens is 1. The summed E-state index contributed by atoms with van der Waals surface area (Å²) in [5.41, 5.74) is 0.584. The maximum absolute atomic E-state index is 13.8. The third-order valence-corrected chi connectivity index (χ3v) is 3.49. The van der Waals surface area contributed by atoms with E-state index in [9.17, 15) is 9.18 Å². The Labute approximate surface area is 109 Å². The number of aromatic nitrogens is 2. The Morgan fingerprint density at radius 3 is 2.95 bits per heavy atom. The number of carbonyl (C=O) groups excluding carboxylic acids is 1. The zero-order valence-corrected chi connectivity index (χ0v) is 10.4. The minimum Gasteiger partial charge on any atom is -0.317 e. The number of rotatable bonds is 2. The molecule has 19 heavy (non-hydrogen) atoms. The molecule has 1 aromatic heterocycles. The molecule has 0 spiro atoms. The highest BCUT2D eigenvalue weighted by Crippen LogP contribution is 2.24. The van der Waals surface area contributed by atoms with Crippen LogP contribution in [0.3, 0.4) is 0 Å². The lowest BCUT2D eigenvalue weighted by atomic mass is 9.97. The number of anilines is 1. The Morgan fingerprint density at radius 2 is 2.16 bits per heavy atom. The molecule has 0 saturated carbocycles. The first-order valence-electron chi connectivity index (χ1n) is 6.40. The van der Waals surface area contributed by atoms with Crippen molar-refractivity contribution >= 4 is 22.6 Å². The molecule has 0 aliphatic carbocycles. The average Bonchev–Trinajstić information content (AvgIpc) is 2.84. The van der Waals surface area contributed by atoms with E-state index in [0.717, 1.165) is 25.9 Å². The van der Waals surface area contributed by atoms with Gasteiger partial charge in [-0.3, -0.25) is 9.89 Å². The fraction of sp³-hybridized carbons (Fsp3) is 0.385. The van der Waals surface area contributed by atoms with Gasteiger partial charge >= 0.3 is 0 Å². The number of amides is 1. The van der Waals surface area contributed by atoms with Gasteiger partial charge in [0.25, 0.3) is 0 Å². The number of piperidine rings is 1.